The summed E-state index contributed by atoms with van der Waals surface area (Å²) in [5.41, 5.74) is 3.57. The quantitative estimate of drug-likeness (QED) is 0.936. The van der Waals surface area contributed by atoms with Gasteiger partial charge in [-0.3, -0.25) is 4.98 Å². The van der Waals surface area contributed by atoms with Gasteiger partial charge in [0.2, 0.25) is 0 Å². The minimum Gasteiger partial charge on any atom is -0.381 e. The van der Waals surface area contributed by atoms with Gasteiger partial charge in [-0.1, -0.05) is 6.07 Å². The molecule has 2 aromatic rings. The Morgan fingerprint density at radius 1 is 1.29 bits per heavy atom. The molecule has 0 amide bonds. The highest BCUT2D eigenvalue weighted by Crippen LogP contribution is 2.22. The van der Waals surface area contributed by atoms with Gasteiger partial charge in [0.05, 0.1) is 13.2 Å². The van der Waals surface area contributed by atoms with Crippen LogP contribution in [-0.2, 0) is 11.3 Å². The van der Waals surface area contributed by atoms with E-state index >= 15 is 0 Å². The number of ether oxygens (including phenoxy) is 1. The second-order valence-corrected chi connectivity index (χ2v) is 5.38. The van der Waals surface area contributed by atoms with Crippen molar-refractivity contribution in [2.24, 2.45) is 0 Å². The molecule has 0 bridgehead atoms. The molecule has 1 aliphatic rings. The highest BCUT2D eigenvalue weighted by Gasteiger charge is 2.18. The minimum atomic E-state index is 0.438. The number of morpholine rings is 1. The molecule has 1 N–H and O–H groups in total. The Morgan fingerprint density at radius 2 is 2.14 bits per heavy atom. The van der Waals surface area contributed by atoms with E-state index in [-0.39, 0.29) is 0 Å². The van der Waals surface area contributed by atoms with E-state index in [0.717, 1.165) is 32.0 Å². The van der Waals surface area contributed by atoms with Gasteiger partial charge in [-0.2, -0.15) is 0 Å². The van der Waals surface area contributed by atoms with Gasteiger partial charge in [-0.25, -0.2) is 0 Å². The molecule has 1 aromatic heterocycles. The topological polar surface area (TPSA) is 37.4 Å². The molecule has 1 fully saturated rings. The summed E-state index contributed by atoms with van der Waals surface area (Å²) >= 11 is 0. The number of rotatable bonds is 4. The summed E-state index contributed by atoms with van der Waals surface area (Å²) in [4.78, 5) is 6.52. The lowest BCUT2D eigenvalue weighted by Gasteiger charge is -2.35. The summed E-state index contributed by atoms with van der Waals surface area (Å²) in [5.74, 6) is 0. The maximum Gasteiger partial charge on any atom is 0.0668 e. The number of nitrogens with one attached hydrogen (secondary N) is 1. The van der Waals surface area contributed by atoms with Gasteiger partial charge < -0.3 is 15.0 Å². The summed E-state index contributed by atoms with van der Waals surface area (Å²) in [6, 6.07) is 13.1. The molecule has 1 unspecified atom stereocenters. The van der Waals surface area contributed by atoms with E-state index in [1.54, 1.807) is 6.20 Å². The Hall–Kier alpha value is -2.07. The van der Waals surface area contributed by atoms with Crippen molar-refractivity contribution in [2.75, 3.05) is 30.0 Å². The van der Waals surface area contributed by atoms with E-state index in [9.17, 15) is 0 Å². The molecule has 1 aromatic carbocycles. The number of nitrogens with zero attached hydrogens (tertiary/aromatic N) is 2. The van der Waals surface area contributed by atoms with E-state index in [2.05, 4.69) is 52.5 Å². The summed E-state index contributed by atoms with van der Waals surface area (Å²) in [6.07, 6.45) is 3.68. The fourth-order valence-corrected chi connectivity index (χ4v) is 2.59. The Labute approximate surface area is 125 Å². The van der Waals surface area contributed by atoms with E-state index < -0.39 is 0 Å². The lowest BCUT2D eigenvalue weighted by atomic mass is 10.2. The zero-order valence-corrected chi connectivity index (χ0v) is 12.3. The summed E-state index contributed by atoms with van der Waals surface area (Å²) in [6.45, 7) is 5.57. The highest BCUT2D eigenvalue weighted by molar-refractivity contribution is 5.55. The van der Waals surface area contributed by atoms with Gasteiger partial charge in [0.15, 0.2) is 0 Å². The van der Waals surface area contributed by atoms with Crippen LogP contribution in [0.2, 0.25) is 0 Å². The number of aromatic nitrogens is 1. The fraction of sp³-hybridized carbons (Fsp3) is 0.353. The molecule has 0 radical (unpaired) electrons. The van der Waals surface area contributed by atoms with Gasteiger partial charge >= 0.3 is 0 Å². The zero-order valence-electron chi connectivity index (χ0n) is 12.3. The van der Waals surface area contributed by atoms with Crippen LogP contribution in [0.4, 0.5) is 11.4 Å². The lowest BCUT2D eigenvalue weighted by Crippen LogP contribution is -2.43. The smallest absolute Gasteiger partial charge is 0.0668 e. The van der Waals surface area contributed by atoms with Crippen molar-refractivity contribution in [2.45, 2.75) is 19.5 Å². The Morgan fingerprint density at radius 3 is 2.86 bits per heavy atom. The average molecular weight is 283 g/mol. The molecule has 21 heavy (non-hydrogen) atoms. The zero-order chi connectivity index (χ0) is 14.5. The number of hydrogen-bond acceptors (Lipinski definition) is 4. The lowest BCUT2D eigenvalue weighted by molar-refractivity contribution is 0.0989. The second-order valence-electron chi connectivity index (χ2n) is 5.38. The number of benzene rings is 1. The Bertz CT molecular complexity index is 556. The van der Waals surface area contributed by atoms with Gasteiger partial charge in [0.25, 0.3) is 0 Å². The Balaban J connectivity index is 1.61. The van der Waals surface area contributed by atoms with Crippen LogP contribution < -0.4 is 10.2 Å². The van der Waals surface area contributed by atoms with Crippen LogP contribution in [0.1, 0.15) is 12.5 Å². The first-order valence-electron chi connectivity index (χ1n) is 7.40. The van der Waals surface area contributed by atoms with Crippen LogP contribution in [0.5, 0.6) is 0 Å². The van der Waals surface area contributed by atoms with Crippen LogP contribution in [-0.4, -0.2) is 30.8 Å². The molecular formula is C17H21N3O. The second kappa shape index (κ2) is 6.59. The third kappa shape index (κ3) is 3.52. The van der Waals surface area contributed by atoms with Crippen molar-refractivity contribution in [1.82, 2.24) is 4.98 Å². The molecule has 1 atom stereocenters. The maximum atomic E-state index is 5.48. The van der Waals surface area contributed by atoms with Crippen molar-refractivity contribution in [3.63, 3.8) is 0 Å². The van der Waals surface area contributed by atoms with Gasteiger partial charge in [0, 0.05) is 42.9 Å². The molecule has 1 saturated heterocycles. The molecule has 0 aliphatic carbocycles. The van der Waals surface area contributed by atoms with Crippen molar-refractivity contribution in [3.05, 3.63) is 54.4 Å². The molecule has 4 heteroatoms. The first-order chi connectivity index (χ1) is 10.3. The molecular weight excluding hydrogens is 262 g/mol. The van der Waals surface area contributed by atoms with Gasteiger partial charge in [-0.05, 0) is 42.8 Å². The third-order valence-corrected chi connectivity index (χ3v) is 3.79. The van der Waals surface area contributed by atoms with Crippen LogP contribution in [0.3, 0.4) is 0 Å². The van der Waals surface area contributed by atoms with Crippen LogP contribution >= 0.6 is 0 Å². The third-order valence-electron chi connectivity index (χ3n) is 3.79. The highest BCUT2D eigenvalue weighted by atomic mass is 16.5. The SMILES string of the molecule is CC1COCCN1c1ccc(NCc2cccnc2)cc1. The van der Waals surface area contributed by atoms with E-state index in [1.807, 2.05) is 12.3 Å². The summed E-state index contributed by atoms with van der Waals surface area (Å²) in [5, 5.41) is 3.42. The average Bonchev–Trinajstić information content (AvgIpc) is 2.55. The summed E-state index contributed by atoms with van der Waals surface area (Å²) < 4.78 is 5.48. The van der Waals surface area contributed by atoms with Gasteiger partial charge in [0.1, 0.15) is 0 Å². The molecule has 3 rings (SSSR count). The first-order valence-corrected chi connectivity index (χ1v) is 7.40. The minimum absolute atomic E-state index is 0.438. The molecule has 1 aliphatic heterocycles. The predicted molar refractivity (Wildman–Crippen MR) is 85.6 cm³/mol. The largest absolute Gasteiger partial charge is 0.381 e. The number of hydrogen-bond donors (Lipinski definition) is 1. The molecule has 4 nitrogen and oxygen atoms in total. The van der Waals surface area contributed by atoms with Crippen LogP contribution in [0.25, 0.3) is 0 Å². The molecule has 0 saturated carbocycles. The summed E-state index contributed by atoms with van der Waals surface area (Å²) in [7, 11) is 0. The van der Waals surface area contributed by atoms with E-state index in [1.165, 1.54) is 11.3 Å². The monoisotopic (exact) mass is 283 g/mol. The van der Waals surface area contributed by atoms with Crippen molar-refractivity contribution < 1.29 is 4.74 Å². The molecule has 2 heterocycles. The van der Waals surface area contributed by atoms with Crippen molar-refractivity contribution in [1.29, 1.82) is 0 Å². The molecule has 110 valence electrons. The van der Waals surface area contributed by atoms with Crippen LogP contribution in [0, 0.1) is 0 Å². The standard InChI is InChI=1S/C17H21N3O/c1-14-13-21-10-9-20(14)17-6-4-16(5-7-17)19-12-15-3-2-8-18-11-15/h2-8,11,14,19H,9-10,12-13H2,1H3. The number of anilines is 2. The molecule has 0 spiro atoms. The van der Waals surface area contributed by atoms with Crippen LogP contribution in [0.15, 0.2) is 48.8 Å². The normalized spacial score (nSPS) is 18.5. The van der Waals surface area contributed by atoms with E-state index in [0.29, 0.717) is 6.04 Å². The Kier molecular flexibility index (Phi) is 4.36. The van der Waals surface area contributed by atoms with Crippen molar-refractivity contribution >= 4 is 11.4 Å². The predicted octanol–water partition coefficient (Wildman–Crippen LogP) is 2.92. The fourth-order valence-electron chi connectivity index (χ4n) is 2.59. The first kappa shape index (κ1) is 13.9. The van der Waals surface area contributed by atoms with Gasteiger partial charge in [-0.15, -0.1) is 0 Å². The van der Waals surface area contributed by atoms with E-state index in [4.69, 9.17) is 4.74 Å². The van der Waals surface area contributed by atoms with Crippen molar-refractivity contribution in [3.8, 4) is 0 Å². The maximum absolute atomic E-state index is 5.48. The number of pyridine rings is 1.